The van der Waals surface area contributed by atoms with Crippen molar-refractivity contribution < 1.29 is 4.79 Å². The summed E-state index contributed by atoms with van der Waals surface area (Å²) < 4.78 is 0.961. The SMILES string of the molecule is O=C(c1cnccn1)N1CCN(c2ccc(Br)cn2)CC1. The minimum absolute atomic E-state index is 0.0634. The van der Waals surface area contributed by atoms with Crippen LogP contribution in [0.3, 0.4) is 0 Å². The van der Waals surface area contributed by atoms with Crippen molar-refractivity contribution in [3.63, 3.8) is 0 Å². The second-order valence-electron chi connectivity index (χ2n) is 4.70. The van der Waals surface area contributed by atoms with Crippen molar-refractivity contribution >= 4 is 27.7 Å². The Morgan fingerprint density at radius 1 is 1.05 bits per heavy atom. The summed E-state index contributed by atoms with van der Waals surface area (Å²) in [5.74, 6) is 0.872. The number of hydrogen-bond acceptors (Lipinski definition) is 5. The van der Waals surface area contributed by atoms with Gasteiger partial charge in [0.2, 0.25) is 0 Å². The van der Waals surface area contributed by atoms with Crippen molar-refractivity contribution in [1.82, 2.24) is 19.9 Å². The summed E-state index contributed by atoms with van der Waals surface area (Å²) in [6, 6.07) is 3.95. The monoisotopic (exact) mass is 347 g/mol. The molecule has 0 atom stereocenters. The third-order valence-electron chi connectivity index (χ3n) is 3.38. The number of rotatable bonds is 2. The van der Waals surface area contributed by atoms with E-state index >= 15 is 0 Å². The number of piperazine rings is 1. The van der Waals surface area contributed by atoms with E-state index in [2.05, 4.69) is 35.8 Å². The molecule has 1 fully saturated rings. The topological polar surface area (TPSA) is 62.2 Å². The Kier molecular flexibility index (Phi) is 4.10. The van der Waals surface area contributed by atoms with Gasteiger partial charge in [-0.05, 0) is 28.1 Å². The number of amides is 1. The number of pyridine rings is 1. The summed E-state index contributed by atoms with van der Waals surface area (Å²) in [6.45, 7) is 2.85. The lowest BCUT2D eigenvalue weighted by Gasteiger charge is -2.35. The summed E-state index contributed by atoms with van der Waals surface area (Å²) >= 11 is 3.38. The van der Waals surface area contributed by atoms with E-state index in [1.54, 1.807) is 17.3 Å². The molecule has 0 bridgehead atoms. The molecule has 1 saturated heterocycles. The number of aromatic nitrogens is 3. The Morgan fingerprint density at radius 3 is 2.48 bits per heavy atom. The molecule has 3 heterocycles. The van der Waals surface area contributed by atoms with Gasteiger partial charge in [-0.2, -0.15) is 0 Å². The second kappa shape index (κ2) is 6.17. The van der Waals surface area contributed by atoms with Crippen LogP contribution in [0.15, 0.2) is 41.4 Å². The molecule has 21 heavy (non-hydrogen) atoms. The van der Waals surface area contributed by atoms with E-state index in [1.165, 1.54) is 12.4 Å². The first-order chi connectivity index (χ1) is 10.2. The van der Waals surface area contributed by atoms with Gasteiger partial charge in [0, 0.05) is 49.2 Å². The lowest BCUT2D eigenvalue weighted by atomic mass is 10.2. The summed E-state index contributed by atoms with van der Waals surface area (Å²) in [5.41, 5.74) is 0.396. The Morgan fingerprint density at radius 2 is 1.86 bits per heavy atom. The number of carbonyl (C=O) groups excluding carboxylic acids is 1. The van der Waals surface area contributed by atoms with E-state index in [1.807, 2.05) is 12.1 Å². The summed E-state index contributed by atoms with van der Waals surface area (Å²) in [7, 11) is 0. The Balaban J connectivity index is 1.63. The van der Waals surface area contributed by atoms with Crippen molar-refractivity contribution in [2.75, 3.05) is 31.1 Å². The van der Waals surface area contributed by atoms with E-state index in [0.29, 0.717) is 18.8 Å². The molecule has 108 valence electrons. The number of halogens is 1. The Labute approximate surface area is 131 Å². The van der Waals surface area contributed by atoms with E-state index in [-0.39, 0.29) is 5.91 Å². The zero-order chi connectivity index (χ0) is 14.7. The van der Waals surface area contributed by atoms with Crippen molar-refractivity contribution in [2.45, 2.75) is 0 Å². The molecule has 2 aromatic heterocycles. The van der Waals surface area contributed by atoms with Crippen LogP contribution in [0.4, 0.5) is 5.82 Å². The molecule has 0 unspecified atom stereocenters. The number of nitrogens with zero attached hydrogens (tertiary/aromatic N) is 5. The van der Waals surface area contributed by atoms with Gasteiger partial charge >= 0.3 is 0 Å². The maximum absolute atomic E-state index is 12.3. The fraction of sp³-hybridized carbons (Fsp3) is 0.286. The second-order valence-corrected chi connectivity index (χ2v) is 5.62. The van der Waals surface area contributed by atoms with Gasteiger partial charge in [0.15, 0.2) is 0 Å². The lowest BCUT2D eigenvalue weighted by Crippen LogP contribution is -2.49. The summed E-state index contributed by atoms with van der Waals surface area (Å²) in [6.07, 6.45) is 6.39. The molecule has 0 saturated carbocycles. The molecular weight excluding hydrogens is 334 g/mol. The van der Waals surface area contributed by atoms with Crippen molar-refractivity contribution in [2.24, 2.45) is 0 Å². The average Bonchev–Trinajstić information content (AvgIpc) is 2.56. The molecule has 1 amide bonds. The highest BCUT2D eigenvalue weighted by Crippen LogP contribution is 2.17. The van der Waals surface area contributed by atoms with Crippen molar-refractivity contribution in [1.29, 1.82) is 0 Å². The fourth-order valence-electron chi connectivity index (χ4n) is 2.27. The molecule has 0 aromatic carbocycles. The molecule has 3 rings (SSSR count). The highest BCUT2D eigenvalue weighted by Gasteiger charge is 2.23. The van der Waals surface area contributed by atoms with Gasteiger partial charge in [-0.1, -0.05) is 0 Å². The quantitative estimate of drug-likeness (QED) is 0.825. The predicted octanol–water partition coefficient (Wildman–Crippen LogP) is 1.60. The first-order valence-corrected chi connectivity index (χ1v) is 7.45. The molecule has 2 aromatic rings. The molecule has 1 aliphatic rings. The zero-order valence-corrected chi connectivity index (χ0v) is 12.9. The summed E-state index contributed by atoms with van der Waals surface area (Å²) in [5, 5.41) is 0. The molecule has 7 heteroatoms. The van der Waals surface area contributed by atoms with E-state index in [4.69, 9.17) is 0 Å². The van der Waals surface area contributed by atoms with Gasteiger partial charge in [-0.3, -0.25) is 9.78 Å². The number of carbonyl (C=O) groups is 1. The van der Waals surface area contributed by atoms with Crippen molar-refractivity contribution in [3.05, 3.63) is 47.1 Å². The van der Waals surface area contributed by atoms with Crippen LogP contribution >= 0.6 is 15.9 Å². The van der Waals surface area contributed by atoms with Gasteiger partial charge in [-0.25, -0.2) is 9.97 Å². The molecular formula is C14H14BrN5O. The van der Waals surface area contributed by atoms with Gasteiger partial charge in [-0.15, -0.1) is 0 Å². The first kappa shape index (κ1) is 13.9. The van der Waals surface area contributed by atoms with Crippen molar-refractivity contribution in [3.8, 4) is 0 Å². The predicted molar refractivity (Wildman–Crippen MR) is 82.1 cm³/mol. The van der Waals surface area contributed by atoms with Crippen LogP contribution in [-0.4, -0.2) is 51.9 Å². The lowest BCUT2D eigenvalue weighted by molar-refractivity contribution is 0.0740. The average molecular weight is 348 g/mol. The van der Waals surface area contributed by atoms with Crippen LogP contribution < -0.4 is 4.90 Å². The van der Waals surface area contributed by atoms with Crippen LogP contribution in [0.5, 0.6) is 0 Å². The number of hydrogen-bond donors (Lipinski definition) is 0. The smallest absolute Gasteiger partial charge is 0.274 e. The highest BCUT2D eigenvalue weighted by molar-refractivity contribution is 9.10. The standard InChI is InChI=1S/C14H14BrN5O/c15-11-1-2-13(18-9-11)19-5-7-20(8-6-19)14(21)12-10-16-3-4-17-12/h1-4,9-10H,5-8H2. The minimum atomic E-state index is -0.0634. The normalized spacial score (nSPS) is 15.1. The van der Waals surface area contributed by atoms with Gasteiger partial charge < -0.3 is 9.80 Å². The highest BCUT2D eigenvalue weighted by atomic mass is 79.9. The molecule has 0 spiro atoms. The zero-order valence-electron chi connectivity index (χ0n) is 11.3. The molecule has 0 N–H and O–H groups in total. The van der Waals surface area contributed by atoms with Crippen LogP contribution in [0.25, 0.3) is 0 Å². The Hall–Kier alpha value is -2.02. The van der Waals surface area contributed by atoms with E-state index in [0.717, 1.165) is 23.4 Å². The largest absolute Gasteiger partial charge is 0.353 e. The van der Waals surface area contributed by atoms with Crippen LogP contribution in [0, 0.1) is 0 Å². The fourth-order valence-corrected chi connectivity index (χ4v) is 2.50. The third-order valence-corrected chi connectivity index (χ3v) is 3.85. The van der Waals surface area contributed by atoms with Crippen LogP contribution in [0.2, 0.25) is 0 Å². The summed E-state index contributed by atoms with van der Waals surface area (Å²) in [4.78, 5) is 28.6. The molecule has 0 aliphatic carbocycles. The Bertz CT molecular complexity index is 611. The van der Waals surface area contributed by atoms with Gasteiger partial charge in [0.25, 0.3) is 5.91 Å². The molecule has 6 nitrogen and oxygen atoms in total. The van der Waals surface area contributed by atoms with E-state index in [9.17, 15) is 4.79 Å². The molecule has 0 radical (unpaired) electrons. The van der Waals surface area contributed by atoms with E-state index < -0.39 is 0 Å². The maximum atomic E-state index is 12.3. The number of anilines is 1. The van der Waals surface area contributed by atoms with Gasteiger partial charge in [0.1, 0.15) is 11.5 Å². The third kappa shape index (κ3) is 3.18. The van der Waals surface area contributed by atoms with Gasteiger partial charge in [0.05, 0.1) is 6.20 Å². The maximum Gasteiger partial charge on any atom is 0.274 e. The minimum Gasteiger partial charge on any atom is -0.353 e. The molecule has 1 aliphatic heterocycles. The first-order valence-electron chi connectivity index (χ1n) is 6.66. The van der Waals surface area contributed by atoms with Crippen LogP contribution in [0.1, 0.15) is 10.5 Å². The van der Waals surface area contributed by atoms with Crippen LogP contribution in [-0.2, 0) is 0 Å².